The van der Waals surface area contributed by atoms with Crippen molar-refractivity contribution in [3.8, 4) is 0 Å². The van der Waals surface area contributed by atoms with Gasteiger partial charge in [0, 0.05) is 19.1 Å². The topological polar surface area (TPSA) is 116 Å². The molecule has 0 bridgehead atoms. The Labute approximate surface area is 186 Å². The molecule has 1 N–H and O–H groups in total. The van der Waals surface area contributed by atoms with Crippen molar-refractivity contribution in [3.05, 3.63) is 54.2 Å². The van der Waals surface area contributed by atoms with Gasteiger partial charge in [-0.3, -0.25) is 9.36 Å². The summed E-state index contributed by atoms with van der Waals surface area (Å²) in [7, 11) is 1.50. The number of aliphatic hydroxyl groups is 1. The van der Waals surface area contributed by atoms with Gasteiger partial charge in [0.1, 0.15) is 29.8 Å². The first kappa shape index (κ1) is 23.6. The number of fused-ring (bicyclic) bond motifs is 1. The third-order valence-electron chi connectivity index (χ3n) is 5.49. The maximum absolute atomic E-state index is 12.6. The number of ketones is 2. The fraction of sp³-hybridized carbons (Fsp3) is 0.435. The smallest absolute Gasteiger partial charge is 0.168 e. The summed E-state index contributed by atoms with van der Waals surface area (Å²) in [5.41, 5.74) is 2.03. The highest BCUT2D eigenvalue weighted by atomic mass is 16.6. The maximum atomic E-state index is 12.6. The molecule has 170 valence electrons. The molecule has 2 aromatic heterocycles. The Balaban J connectivity index is 0.00000289. The highest BCUT2D eigenvalue weighted by Gasteiger charge is 2.45. The predicted molar refractivity (Wildman–Crippen MR) is 117 cm³/mol. The number of carbonyl (C=O) groups is 2. The first-order chi connectivity index (χ1) is 15.0. The molecule has 1 fully saturated rings. The summed E-state index contributed by atoms with van der Waals surface area (Å²) < 4.78 is 13.1. The summed E-state index contributed by atoms with van der Waals surface area (Å²) in [4.78, 5) is 36.9. The lowest BCUT2D eigenvalue weighted by molar-refractivity contribution is -0.118. The number of benzene rings is 1. The maximum Gasteiger partial charge on any atom is 0.168 e. The van der Waals surface area contributed by atoms with Gasteiger partial charge in [0.05, 0.1) is 24.5 Å². The monoisotopic (exact) mass is 440 g/mol. The molecule has 4 rings (SSSR count). The van der Waals surface area contributed by atoms with Crippen LogP contribution in [0.15, 0.2) is 43.0 Å². The molecule has 1 aliphatic rings. The Bertz CT molecular complexity index is 1080. The number of imidazole rings is 1. The third kappa shape index (κ3) is 4.59. The molecule has 0 amide bonds. The van der Waals surface area contributed by atoms with E-state index in [1.807, 2.05) is 18.2 Å². The van der Waals surface area contributed by atoms with E-state index in [1.54, 1.807) is 16.7 Å². The zero-order valence-corrected chi connectivity index (χ0v) is 17.3. The lowest BCUT2D eigenvalue weighted by Crippen LogP contribution is -2.33. The quantitative estimate of drug-likeness (QED) is 0.531. The fourth-order valence-electron chi connectivity index (χ4n) is 3.91. The highest BCUT2D eigenvalue weighted by Crippen LogP contribution is 2.35. The van der Waals surface area contributed by atoms with Crippen LogP contribution in [-0.4, -0.2) is 61.6 Å². The van der Waals surface area contributed by atoms with Gasteiger partial charge in [-0.1, -0.05) is 37.8 Å². The average Bonchev–Trinajstić information content (AvgIpc) is 3.33. The van der Waals surface area contributed by atoms with Crippen molar-refractivity contribution in [2.45, 2.75) is 58.2 Å². The summed E-state index contributed by atoms with van der Waals surface area (Å²) in [6.45, 7) is 1.52. The van der Waals surface area contributed by atoms with Crippen LogP contribution in [0.5, 0.6) is 0 Å². The van der Waals surface area contributed by atoms with Gasteiger partial charge in [-0.2, -0.15) is 0 Å². The molecule has 32 heavy (non-hydrogen) atoms. The Morgan fingerprint density at radius 2 is 1.94 bits per heavy atom. The van der Waals surface area contributed by atoms with E-state index in [0.717, 1.165) is 0 Å². The Hall–Kier alpha value is -3.01. The number of aromatic nitrogens is 4. The van der Waals surface area contributed by atoms with E-state index in [2.05, 4.69) is 15.0 Å². The minimum atomic E-state index is -0.969. The second-order valence-electron chi connectivity index (χ2n) is 7.61. The zero-order chi connectivity index (χ0) is 22.0. The van der Waals surface area contributed by atoms with E-state index in [1.165, 1.54) is 26.7 Å². The van der Waals surface area contributed by atoms with E-state index in [0.29, 0.717) is 35.3 Å². The van der Waals surface area contributed by atoms with Crippen molar-refractivity contribution in [2.24, 2.45) is 0 Å². The molecule has 3 aromatic rings. The zero-order valence-electron chi connectivity index (χ0n) is 17.3. The predicted octanol–water partition coefficient (Wildman–Crippen LogP) is 2.53. The van der Waals surface area contributed by atoms with Crippen LogP contribution in [0.25, 0.3) is 11.2 Å². The van der Waals surface area contributed by atoms with Gasteiger partial charge in [-0.25, -0.2) is 15.0 Å². The molecule has 0 unspecified atom stereocenters. The van der Waals surface area contributed by atoms with E-state index in [-0.39, 0.29) is 25.4 Å². The third-order valence-corrected chi connectivity index (χ3v) is 5.49. The molecular formula is C23H28N4O5. The molecular weight excluding hydrogens is 412 g/mol. The van der Waals surface area contributed by atoms with Crippen molar-refractivity contribution in [2.75, 3.05) is 7.11 Å². The van der Waals surface area contributed by atoms with Gasteiger partial charge >= 0.3 is 0 Å². The molecule has 1 saturated heterocycles. The summed E-state index contributed by atoms with van der Waals surface area (Å²) in [6.07, 6.45) is 0.983. The molecule has 1 aliphatic heterocycles. The summed E-state index contributed by atoms with van der Waals surface area (Å²) in [5, 5.41) is 10.8. The Morgan fingerprint density at radius 3 is 2.62 bits per heavy atom. The number of aliphatic hydroxyl groups excluding tert-OH is 1. The molecule has 0 spiro atoms. The van der Waals surface area contributed by atoms with Crippen molar-refractivity contribution in [1.29, 1.82) is 0 Å². The molecule has 0 saturated carbocycles. The van der Waals surface area contributed by atoms with Crippen LogP contribution in [0, 0.1) is 0 Å². The first-order valence-electron chi connectivity index (χ1n) is 10.1. The van der Waals surface area contributed by atoms with Gasteiger partial charge < -0.3 is 19.4 Å². The SMILES string of the molecule is C.CO[C@H]1[C@@H](O)[C@H](n2cnc3c(CC(=O)c4ccccc4)ncnc32)O[C@@H]1CCC(C)=O. The Morgan fingerprint density at radius 1 is 1.19 bits per heavy atom. The van der Waals surface area contributed by atoms with Crippen molar-refractivity contribution in [3.63, 3.8) is 0 Å². The summed E-state index contributed by atoms with van der Waals surface area (Å²) in [5.74, 6) is -0.0269. The van der Waals surface area contributed by atoms with Crippen LogP contribution in [0.3, 0.4) is 0 Å². The number of rotatable bonds is 8. The lowest BCUT2D eigenvalue weighted by atomic mass is 10.0. The number of ether oxygens (including phenoxy) is 2. The standard InChI is InChI=1S/C22H24N4O5.CH4/c1-13(27)8-9-17-20(30-2)19(29)22(31-17)26-12-25-18-15(23-11-24-21(18)26)10-16(28)14-6-4-3-5-7-14;/h3-7,11-12,17,19-20,22,29H,8-10H2,1-2H3;1H4/t17-,19-,20-,22-;/m1./s1. The van der Waals surface area contributed by atoms with Crippen LogP contribution < -0.4 is 0 Å². The number of methoxy groups -OCH3 is 1. The molecule has 1 aromatic carbocycles. The number of Topliss-reactive ketones (excluding diaryl/α,β-unsaturated/α-hetero) is 2. The molecule has 0 radical (unpaired) electrons. The van der Waals surface area contributed by atoms with Crippen molar-refractivity contribution >= 4 is 22.7 Å². The molecule has 0 aliphatic carbocycles. The largest absolute Gasteiger partial charge is 0.386 e. The number of nitrogens with zero attached hydrogens (tertiary/aromatic N) is 4. The minimum Gasteiger partial charge on any atom is -0.386 e. The summed E-state index contributed by atoms with van der Waals surface area (Å²) >= 11 is 0. The number of hydrogen-bond acceptors (Lipinski definition) is 8. The second-order valence-corrected chi connectivity index (χ2v) is 7.61. The first-order valence-corrected chi connectivity index (χ1v) is 10.1. The van der Waals surface area contributed by atoms with Crippen LogP contribution in [0.4, 0.5) is 0 Å². The van der Waals surface area contributed by atoms with Gasteiger partial charge in [0.15, 0.2) is 17.7 Å². The van der Waals surface area contributed by atoms with Gasteiger partial charge in [-0.05, 0) is 13.3 Å². The van der Waals surface area contributed by atoms with E-state index < -0.39 is 24.5 Å². The fourth-order valence-corrected chi connectivity index (χ4v) is 3.91. The average molecular weight is 441 g/mol. The van der Waals surface area contributed by atoms with Gasteiger partial charge in [0.25, 0.3) is 0 Å². The molecule has 9 nitrogen and oxygen atoms in total. The normalized spacial score (nSPS) is 22.6. The van der Waals surface area contributed by atoms with Crippen LogP contribution in [-0.2, 0) is 20.7 Å². The molecule has 4 atom stereocenters. The second kappa shape index (κ2) is 10.1. The van der Waals surface area contributed by atoms with Gasteiger partial charge in [-0.15, -0.1) is 0 Å². The molecule has 3 heterocycles. The van der Waals surface area contributed by atoms with Crippen LogP contribution in [0.2, 0.25) is 0 Å². The van der Waals surface area contributed by atoms with E-state index in [9.17, 15) is 14.7 Å². The number of hydrogen-bond donors (Lipinski definition) is 1. The van der Waals surface area contributed by atoms with Crippen LogP contribution in [0.1, 0.15) is 49.5 Å². The van der Waals surface area contributed by atoms with Crippen molar-refractivity contribution < 1.29 is 24.2 Å². The minimum absolute atomic E-state index is 0. The Kier molecular flexibility index (Phi) is 7.44. The lowest BCUT2D eigenvalue weighted by Gasteiger charge is -2.18. The van der Waals surface area contributed by atoms with E-state index in [4.69, 9.17) is 9.47 Å². The number of carbonyl (C=O) groups excluding carboxylic acids is 2. The summed E-state index contributed by atoms with van der Waals surface area (Å²) in [6, 6.07) is 8.99. The van der Waals surface area contributed by atoms with Crippen LogP contribution >= 0.6 is 0 Å². The van der Waals surface area contributed by atoms with Gasteiger partial charge in [0.2, 0.25) is 0 Å². The highest BCUT2D eigenvalue weighted by molar-refractivity contribution is 5.98. The molecule has 9 heteroatoms. The van der Waals surface area contributed by atoms with E-state index >= 15 is 0 Å². The van der Waals surface area contributed by atoms with Crippen molar-refractivity contribution in [1.82, 2.24) is 19.5 Å².